The number of hydrogen-bond acceptors (Lipinski definition) is 3. The van der Waals surface area contributed by atoms with E-state index in [1.807, 2.05) is 0 Å². The largest absolute Gasteiger partial charge is 0.329 e. The fourth-order valence-electron chi connectivity index (χ4n) is 1.65. The maximum Gasteiger partial charge on any atom is 0.329 e. The van der Waals surface area contributed by atoms with Crippen LogP contribution in [0, 0.1) is 0 Å². The fourth-order valence-corrected chi connectivity index (χ4v) is 1.83. The molecule has 0 aliphatic rings. The van der Waals surface area contributed by atoms with E-state index in [1.54, 1.807) is 30.1 Å². The van der Waals surface area contributed by atoms with Crippen LogP contribution in [0.5, 0.6) is 0 Å². The van der Waals surface area contributed by atoms with Crippen LogP contribution in [0.2, 0.25) is 5.15 Å². The smallest absolute Gasteiger partial charge is 0.298 e. The Hall–Kier alpha value is -1.82. The van der Waals surface area contributed by atoms with Crippen molar-refractivity contribution in [2.75, 3.05) is 0 Å². The van der Waals surface area contributed by atoms with Crippen LogP contribution in [0.15, 0.2) is 34.1 Å². The third kappa shape index (κ3) is 2.47. The highest BCUT2D eigenvalue weighted by Crippen LogP contribution is 2.03. The van der Waals surface area contributed by atoms with Crippen LogP contribution in [-0.4, -0.2) is 19.3 Å². The summed E-state index contributed by atoms with van der Waals surface area (Å²) in [5.41, 5.74) is -0.930. The van der Waals surface area contributed by atoms with Crippen molar-refractivity contribution >= 4 is 11.6 Å². The first-order chi connectivity index (χ1) is 8.08. The first kappa shape index (κ1) is 11.7. The second-order valence-corrected chi connectivity index (χ2v) is 4.11. The zero-order valence-electron chi connectivity index (χ0n) is 9.13. The van der Waals surface area contributed by atoms with Gasteiger partial charge in [0.15, 0.2) is 0 Å². The normalized spacial score (nSPS) is 12.6. The molecule has 0 saturated carbocycles. The zero-order valence-corrected chi connectivity index (χ0v) is 9.89. The van der Waals surface area contributed by atoms with E-state index in [2.05, 4.69) is 10.1 Å². The molecule has 0 bridgehead atoms. The first-order valence-electron chi connectivity index (χ1n) is 5.06. The van der Waals surface area contributed by atoms with Crippen LogP contribution >= 0.6 is 11.6 Å². The Kier molecular flexibility index (Phi) is 3.14. The maximum atomic E-state index is 11.7. The molecule has 0 fully saturated rings. The molecule has 2 aromatic heterocycles. The quantitative estimate of drug-likeness (QED) is 0.818. The van der Waals surface area contributed by atoms with Gasteiger partial charge in [0, 0.05) is 18.5 Å². The van der Waals surface area contributed by atoms with E-state index in [0.29, 0.717) is 6.54 Å². The van der Waals surface area contributed by atoms with Gasteiger partial charge in [-0.15, -0.1) is 0 Å². The number of H-pyrrole nitrogens is 1. The third-order valence-corrected chi connectivity index (χ3v) is 2.59. The molecule has 2 aromatic rings. The molecule has 6 nitrogen and oxygen atoms in total. The van der Waals surface area contributed by atoms with E-state index in [1.165, 1.54) is 6.07 Å². The van der Waals surface area contributed by atoms with Crippen LogP contribution in [0.1, 0.15) is 13.0 Å². The maximum absolute atomic E-state index is 11.7. The van der Waals surface area contributed by atoms with Crippen LogP contribution in [-0.2, 0) is 6.54 Å². The summed E-state index contributed by atoms with van der Waals surface area (Å²) in [5.74, 6) is 0. The van der Waals surface area contributed by atoms with E-state index in [9.17, 15) is 9.59 Å². The lowest BCUT2D eigenvalue weighted by Gasteiger charge is -2.13. The highest BCUT2D eigenvalue weighted by molar-refractivity contribution is 6.29. The summed E-state index contributed by atoms with van der Waals surface area (Å²) in [6.45, 7) is 2.21. The lowest BCUT2D eigenvalue weighted by Crippen LogP contribution is -2.38. The summed E-state index contributed by atoms with van der Waals surface area (Å²) in [7, 11) is 0. The average Bonchev–Trinajstić information content (AvgIpc) is 2.68. The van der Waals surface area contributed by atoms with E-state index in [4.69, 9.17) is 11.6 Å². The number of hydrogen-bond donors (Lipinski definition) is 1. The summed E-state index contributed by atoms with van der Waals surface area (Å²) in [4.78, 5) is 25.7. The Morgan fingerprint density at radius 2 is 2.29 bits per heavy atom. The molecule has 1 atom stereocenters. The van der Waals surface area contributed by atoms with Crippen LogP contribution in [0.25, 0.3) is 0 Å². The first-order valence-corrected chi connectivity index (χ1v) is 5.44. The monoisotopic (exact) mass is 254 g/mol. The number of nitrogens with one attached hydrogen (secondary N) is 1. The molecule has 0 aliphatic heterocycles. The summed E-state index contributed by atoms with van der Waals surface area (Å²) >= 11 is 5.58. The molecule has 0 aliphatic carbocycles. The van der Waals surface area contributed by atoms with Crippen molar-refractivity contribution in [2.24, 2.45) is 0 Å². The van der Waals surface area contributed by atoms with Gasteiger partial charge in [0.1, 0.15) is 5.15 Å². The second kappa shape index (κ2) is 4.58. The molecule has 1 N–H and O–H groups in total. The lowest BCUT2D eigenvalue weighted by atomic mass is 10.3. The van der Waals surface area contributed by atoms with Crippen molar-refractivity contribution in [3.63, 3.8) is 0 Å². The number of rotatable bonds is 3. The SMILES string of the molecule is CC(Cn1cccn1)n1c(=O)cc(Cl)[nH]c1=O. The summed E-state index contributed by atoms with van der Waals surface area (Å²) in [6.07, 6.45) is 3.41. The van der Waals surface area contributed by atoms with Crippen molar-refractivity contribution in [3.05, 3.63) is 50.5 Å². The van der Waals surface area contributed by atoms with Gasteiger partial charge < -0.3 is 0 Å². The zero-order chi connectivity index (χ0) is 12.4. The molecule has 7 heteroatoms. The Balaban J connectivity index is 2.34. The predicted octanol–water partition coefficient (Wildman–Crippen LogP) is 0.648. The van der Waals surface area contributed by atoms with Gasteiger partial charge in [-0.3, -0.25) is 19.0 Å². The summed E-state index contributed by atoms with van der Waals surface area (Å²) in [6, 6.07) is 2.66. The fraction of sp³-hybridized carbons (Fsp3) is 0.300. The Labute approximate surface area is 101 Å². The highest BCUT2D eigenvalue weighted by atomic mass is 35.5. The van der Waals surface area contributed by atoms with E-state index >= 15 is 0 Å². The van der Waals surface area contributed by atoms with Gasteiger partial charge in [-0.05, 0) is 13.0 Å². The molecule has 0 radical (unpaired) electrons. The van der Waals surface area contributed by atoms with Gasteiger partial charge in [-0.2, -0.15) is 5.10 Å². The standard InChI is InChI=1S/C10H11ClN4O2/c1-7(6-14-4-2-3-12-14)15-9(16)5-8(11)13-10(15)17/h2-5,7H,6H2,1H3,(H,13,17). The molecule has 2 rings (SSSR count). The molecular weight excluding hydrogens is 244 g/mol. The predicted molar refractivity (Wildman–Crippen MR) is 63.3 cm³/mol. The molecule has 0 aromatic carbocycles. The molecular formula is C10H11ClN4O2. The minimum absolute atomic E-state index is 0.0440. The van der Waals surface area contributed by atoms with Gasteiger partial charge in [-0.25, -0.2) is 4.79 Å². The van der Waals surface area contributed by atoms with Gasteiger partial charge in [0.2, 0.25) is 0 Å². The van der Waals surface area contributed by atoms with Crippen molar-refractivity contribution in [2.45, 2.75) is 19.5 Å². The van der Waals surface area contributed by atoms with E-state index in [0.717, 1.165) is 4.57 Å². The van der Waals surface area contributed by atoms with Crippen LogP contribution in [0.3, 0.4) is 0 Å². The van der Waals surface area contributed by atoms with E-state index < -0.39 is 11.2 Å². The van der Waals surface area contributed by atoms with Crippen molar-refractivity contribution in [1.82, 2.24) is 19.3 Å². The Morgan fingerprint density at radius 1 is 1.53 bits per heavy atom. The average molecular weight is 255 g/mol. The third-order valence-electron chi connectivity index (χ3n) is 2.38. The molecule has 17 heavy (non-hydrogen) atoms. The molecule has 0 amide bonds. The van der Waals surface area contributed by atoms with Gasteiger partial charge in [-0.1, -0.05) is 11.6 Å². The highest BCUT2D eigenvalue weighted by Gasteiger charge is 2.11. The molecule has 0 spiro atoms. The van der Waals surface area contributed by atoms with Crippen LogP contribution in [0.4, 0.5) is 0 Å². The van der Waals surface area contributed by atoms with Gasteiger partial charge >= 0.3 is 5.69 Å². The van der Waals surface area contributed by atoms with Crippen molar-refractivity contribution in [3.8, 4) is 0 Å². The summed E-state index contributed by atoms with van der Waals surface area (Å²) < 4.78 is 2.78. The molecule has 1 unspecified atom stereocenters. The number of halogens is 1. The lowest BCUT2D eigenvalue weighted by molar-refractivity contribution is 0.413. The van der Waals surface area contributed by atoms with Crippen LogP contribution < -0.4 is 11.2 Å². The minimum Gasteiger partial charge on any atom is -0.298 e. The second-order valence-electron chi connectivity index (χ2n) is 3.71. The molecule has 2 heterocycles. The molecule has 90 valence electrons. The molecule has 0 saturated heterocycles. The Bertz CT molecular complexity index is 583. The topological polar surface area (TPSA) is 72.7 Å². The Morgan fingerprint density at radius 3 is 2.88 bits per heavy atom. The number of aromatic amines is 1. The van der Waals surface area contributed by atoms with Crippen molar-refractivity contribution < 1.29 is 0 Å². The number of aromatic nitrogens is 4. The van der Waals surface area contributed by atoms with Gasteiger partial charge in [0.05, 0.1) is 12.6 Å². The van der Waals surface area contributed by atoms with Gasteiger partial charge in [0.25, 0.3) is 5.56 Å². The minimum atomic E-state index is -0.512. The van der Waals surface area contributed by atoms with Crippen molar-refractivity contribution in [1.29, 1.82) is 0 Å². The van der Waals surface area contributed by atoms with E-state index in [-0.39, 0.29) is 11.2 Å². The number of nitrogens with zero attached hydrogens (tertiary/aromatic N) is 3. The summed E-state index contributed by atoms with van der Waals surface area (Å²) in [5, 5.41) is 4.07.